The van der Waals surface area contributed by atoms with E-state index in [2.05, 4.69) is 31.0 Å². The molecule has 1 aromatic rings. The van der Waals surface area contributed by atoms with Crippen molar-refractivity contribution in [1.82, 2.24) is 4.90 Å². The maximum absolute atomic E-state index is 13.2. The fourth-order valence-electron chi connectivity index (χ4n) is 6.28. The number of hydrogen-bond acceptors (Lipinski definition) is 5. The number of ether oxygens (including phenoxy) is 2. The van der Waals surface area contributed by atoms with Crippen LogP contribution in [0, 0.1) is 0 Å². The number of hydrogen-bond donors (Lipinski definition) is 0. The van der Waals surface area contributed by atoms with Crippen LogP contribution in [0.4, 0.5) is 0 Å². The number of benzene rings is 1. The number of carbonyl (C=O) groups is 2. The molecular weight excluding hydrogens is 498 g/mol. The molecule has 2 saturated heterocycles. The maximum Gasteiger partial charge on any atom is 0.317 e. The molecule has 0 saturated carbocycles. The molecule has 224 valence electrons. The van der Waals surface area contributed by atoms with Gasteiger partial charge in [0.05, 0.1) is 0 Å². The fraction of sp³-hybridized carbons (Fsp3) is 0.714. The third kappa shape index (κ3) is 11.8. The summed E-state index contributed by atoms with van der Waals surface area (Å²) in [7, 11) is 2.18. The Bertz CT molecular complexity index is 855. The smallest absolute Gasteiger partial charge is 0.317 e. The summed E-state index contributed by atoms with van der Waals surface area (Å²) in [6.07, 6.45) is 25.2. The van der Waals surface area contributed by atoms with Gasteiger partial charge in [-0.25, -0.2) is 0 Å². The van der Waals surface area contributed by atoms with E-state index < -0.39 is 5.92 Å². The van der Waals surface area contributed by atoms with E-state index in [4.69, 9.17) is 9.47 Å². The lowest BCUT2D eigenvalue weighted by Gasteiger charge is -2.36. The van der Waals surface area contributed by atoms with E-state index in [-0.39, 0.29) is 24.6 Å². The molecule has 2 bridgehead atoms. The Morgan fingerprint density at radius 3 is 2.05 bits per heavy atom. The first-order valence-electron chi connectivity index (χ1n) is 16.4. The van der Waals surface area contributed by atoms with Crippen LogP contribution in [0.1, 0.15) is 134 Å². The van der Waals surface area contributed by atoms with Gasteiger partial charge in [0.1, 0.15) is 18.6 Å². The predicted molar refractivity (Wildman–Crippen MR) is 163 cm³/mol. The normalized spacial score (nSPS) is 21.5. The van der Waals surface area contributed by atoms with Gasteiger partial charge in [-0.05, 0) is 70.4 Å². The molecule has 2 fully saturated rings. The molecule has 2 aliphatic rings. The quantitative estimate of drug-likeness (QED) is 0.0920. The summed E-state index contributed by atoms with van der Waals surface area (Å²) in [6, 6.07) is 10.6. The van der Waals surface area contributed by atoms with Crippen molar-refractivity contribution in [1.29, 1.82) is 0 Å². The minimum atomic E-state index is -0.571. The Hall–Kier alpha value is -2.14. The van der Waals surface area contributed by atoms with E-state index >= 15 is 0 Å². The number of rotatable bonds is 20. The van der Waals surface area contributed by atoms with Gasteiger partial charge in [0.15, 0.2) is 0 Å². The molecule has 0 N–H and O–H groups in total. The van der Waals surface area contributed by atoms with E-state index in [1.165, 1.54) is 77.0 Å². The number of piperidine rings is 1. The van der Waals surface area contributed by atoms with E-state index in [0.29, 0.717) is 18.5 Å². The van der Waals surface area contributed by atoms with Gasteiger partial charge in [-0.1, -0.05) is 101 Å². The van der Waals surface area contributed by atoms with Crippen LogP contribution in [-0.2, 0) is 19.1 Å². The third-order valence-electron chi connectivity index (χ3n) is 8.88. The van der Waals surface area contributed by atoms with Crippen molar-refractivity contribution in [2.24, 2.45) is 0 Å². The third-order valence-corrected chi connectivity index (χ3v) is 8.88. The van der Waals surface area contributed by atoms with Crippen LogP contribution < -0.4 is 0 Å². The zero-order valence-corrected chi connectivity index (χ0v) is 25.4. The van der Waals surface area contributed by atoms with Gasteiger partial charge in [-0.3, -0.25) is 9.59 Å². The van der Waals surface area contributed by atoms with Crippen molar-refractivity contribution in [3.63, 3.8) is 0 Å². The molecule has 2 unspecified atom stereocenters. The molecule has 0 aliphatic carbocycles. The highest BCUT2D eigenvalue weighted by molar-refractivity contribution is 5.79. The molecule has 2 aliphatic heterocycles. The second-order valence-corrected chi connectivity index (χ2v) is 12.1. The second-order valence-electron chi connectivity index (χ2n) is 12.1. The molecular formula is C35H55NO4. The summed E-state index contributed by atoms with van der Waals surface area (Å²) < 4.78 is 11.6. The monoisotopic (exact) mass is 553 g/mol. The first kappa shape index (κ1) is 32.4. The van der Waals surface area contributed by atoms with Crippen molar-refractivity contribution in [2.45, 2.75) is 147 Å². The van der Waals surface area contributed by atoms with E-state index in [9.17, 15) is 9.59 Å². The van der Waals surface area contributed by atoms with Crippen LogP contribution in [-0.4, -0.2) is 48.7 Å². The molecule has 5 nitrogen and oxygen atoms in total. The number of unbranched alkanes of at least 4 members (excludes halogenated alkanes) is 11. The van der Waals surface area contributed by atoms with Crippen LogP contribution in [0.2, 0.25) is 0 Å². The van der Waals surface area contributed by atoms with Crippen molar-refractivity contribution < 1.29 is 19.1 Å². The standard InChI is InChI=1S/C35H55NO4/c1-3-4-5-6-7-8-9-10-11-12-13-14-15-16-20-23-34(37)39-28-33(29-21-18-17-19-22-29)35(38)40-32-26-30-24-25-31(27-32)36(30)2/h8-9,17-19,21-22,30-33H,3-7,10-16,20,23-28H2,1-2H3/b9-8-/t30-,31+,32?,33?. The van der Waals surface area contributed by atoms with E-state index in [1.54, 1.807) is 0 Å². The van der Waals surface area contributed by atoms with Crippen molar-refractivity contribution in [3.05, 3.63) is 48.0 Å². The van der Waals surface area contributed by atoms with Crippen LogP contribution in [0.3, 0.4) is 0 Å². The van der Waals surface area contributed by atoms with Crippen LogP contribution in [0.25, 0.3) is 0 Å². The van der Waals surface area contributed by atoms with Crippen LogP contribution in [0.15, 0.2) is 42.5 Å². The van der Waals surface area contributed by atoms with E-state index in [0.717, 1.165) is 37.7 Å². The molecule has 40 heavy (non-hydrogen) atoms. The average molecular weight is 554 g/mol. The summed E-state index contributed by atoms with van der Waals surface area (Å²) in [5.41, 5.74) is 0.846. The van der Waals surface area contributed by atoms with Gasteiger partial charge < -0.3 is 14.4 Å². The fourth-order valence-corrected chi connectivity index (χ4v) is 6.28. The summed E-state index contributed by atoms with van der Waals surface area (Å²) in [4.78, 5) is 28.1. The summed E-state index contributed by atoms with van der Waals surface area (Å²) in [5.74, 6) is -1.05. The number of nitrogens with zero attached hydrogens (tertiary/aromatic N) is 1. The largest absolute Gasteiger partial charge is 0.464 e. The first-order chi connectivity index (χ1) is 19.6. The minimum Gasteiger partial charge on any atom is -0.464 e. The maximum atomic E-state index is 13.2. The van der Waals surface area contributed by atoms with Crippen molar-refractivity contribution in [2.75, 3.05) is 13.7 Å². The van der Waals surface area contributed by atoms with Crippen LogP contribution in [0.5, 0.6) is 0 Å². The van der Waals surface area contributed by atoms with Gasteiger partial charge in [-0.2, -0.15) is 0 Å². The Morgan fingerprint density at radius 1 is 0.850 bits per heavy atom. The topological polar surface area (TPSA) is 55.8 Å². The molecule has 0 amide bonds. The minimum absolute atomic E-state index is 0.0418. The number of fused-ring (bicyclic) bond motifs is 2. The van der Waals surface area contributed by atoms with E-state index in [1.807, 2.05) is 30.3 Å². The number of allylic oxidation sites excluding steroid dienone is 2. The number of esters is 2. The van der Waals surface area contributed by atoms with Crippen LogP contribution >= 0.6 is 0 Å². The Labute approximate surface area is 244 Å². The average Bonchev–Trinajstić information content (AvgIpc) is 3.15. The predicted octanol–water partition coefficient (Wildman–Crippen LogP) is 8.52. The molecule has 4 atom stereocenters. The lowest BCUT2D eigenvalue weighted by Crippen LogP contribution is -2.44. The van der Waals surface area contributed by atoms with Crippen molar-refractivity contribution in [3.8, 4) is 0 Å². The van der Waals surface area contributed by atoms with Crippen molar-refractivity contribution >= 4 is 11.9 Å². The van der Waals surface area contributed by atoms with Gasteiger partial charge in [0.25, 0.3) is 0 Å². The highest BCUT2D eigenvalue weighted by atomic mass is 16.6. The Balaban J connectivity index is 1.26. The lowest BCUT2D eigenvalue weighted by atomic mass is 9.98. The number of carbonyl (C=O) groups excluding carboxylic acids is 2. The molecule has 3 rings (SSSR count). The summed E-state index contributed by atoms with van der Waals surface area (Å²) in [5, 5.41) is 0. The Morgan fingerprint density at radius 2 is 1.43 bits per heavy atom. The van der Waals surface area contributed by atoms with Gasteiger partial charge in [0, 0.05) is 18.5 Å². The SMILES string of the molecule is CCCCCC/C=C\CCCCCCCCCC(=O)OCC(C(=O)OC1C[C@H]2CC[C@@H](C1)N2C)c1ccccc1. The Kier molecular flexibility index (Phi) is 15.4. The second kappa shape index (κ2) is 19.1. The summed E-state index contributed by atoms with van der Waals surface area (Å²) >= 11 is 0. The van der Waals surface area contributed by atoms with Gasteiger partial charge in [0.2, 0.25) is 0 Å². The molecule has 5 heteroatoms. The lowest BCUT2D eigenvalue weighted by molar-refractivity contribution is -0.158. The zero-order valence-electron chi connectivity index (χ0n) is 25.4. The van der Waals surface area contributed by atoms with Gasteiger partial charge >= 0.3 is 11.9 Å². The highest BCUT2D eigenvalue weighted by Gasteiger charge is 2.40. The summed E-state index contributed by atoms with van der Waals surface area (Å²) in [6.45, 7) is 2.31. The molecule has 0 spiro atoms. The zero-order chi connectivity index (χ0) is 28.4. The van der Waals surface area contributed by atoms with Gasteiger partial charge in [-0.15, -0.1) is 0 Å². The molecule has 1 aromatic carbocycles. The molecule has 0 aromatic heterocycles. The molecule has 0 radical (unpaired) electrons. The first-order valence-corrected chi connectivity index (χ1v) is 16.4. The highest BCUT2D eigenvalue weighted by Crippen LogP contribution is 2.36. The molecule has 2 heterocycles.